The molecule has 0 saturated heterocycles. The molecule has 2 aromatic rings. The number of carbonyl (C=O) groups excluding carboxylic acids is 2. The lowest BCUT2D eigenvalue weighted by atomic mass is 10.2. The Morgan fingerprint density at radius 3 is 2.38 bits per heavy atom. The predicted molar refractivity (Wildman–Crippen MR) is 100 cm³/mol. The Kier molecular flexibility index (Phi) is 7.35. The van der Waals surface area contributed by atoms with Crippen LogP contribution >= 0.6 is 0 Å². The van der Waals surface area contributed by atoms with Gasteiger partial charge in [0.05, 0.1) is 0 Å². The third-order valence-corrected chi connectivity index (χ3v) is 4.12. The SMILES string of the molecule is CCN(CC)CCN(CC(=O)Nc1cc(C)on1)C(=O)c1ccccc1. The van der Waals surface area contributed by atoms with Gasteiger partial charge in [-0.05, 0) is 32.1 Å². The highest BCUT2D eigenvalue weighted by Gasteiger charge is 2.20. The van der Waals surface area contributed by atoms with E-state index in [9.17, 15) is 9.59 Å². The maximum Gasteiger partial charge on any atom is 0.254 e. The molecular weight excluding hydrogens is 332 g/mol. The molecule has 0 saturated carbocycles. The zero-order valence-electron chi connectivity index (χ0n) is 15.6. The van der Waals surface area contributed by atoms with Crippen molar-refractivity contribution in [2.45, 2.75) is 20.8 Å². The molecule has 0 radical (unpaired) electrons. The lowest BCUT2D eigenvalue weighted by Gasteiger charge is -2.26. The molecule has 0 atom stereocenters. The summed E-state index contributed by atoms with van der Waals surface area (Å²) in [4.78, 5) is 28.9. The number of rotatable bonds is 9. The van der Waals surface area contributed by atoms with Crippen molar-refractivity contribution in [3.63, 3.8) is 0 Å². The molecule has 0 bridgehead atoms. The number of carbonyl (C=O) groups is 2. The van der Waals surface area contributed by atoms with Gasteiger partial charge in [0.25, 0.3) is 5.91 Å². The standard InChI is InChI=1S/C19H26N4O3/c1-4-22(5-2)11-12-23(19(25)16-9-7-6-8-10-16)14-18(24)20-17-13-15(3)26-21-17/h6-10,13H,4-5,11-12,14H2,1-3H3,(H,20,21,24). The summed E-state index contributed by atoms with van der Waals surface area (Å²) in [6.45, 7) is 8.84. The van der Waals surface area contributed by atoms with E-state index in [1.807, 2.05) is 18.2 Å². The molecule has 7 heteroatoms. The number of aryl methyl sites for hydroxylation is 1. The highest BCUT2D eigenvalue weighted by molar-refractivity contribution is 5.99. The molecule has 7 nitrogen and oxygen atoms in total. The quantitative estimate of drug-likeness (QED) is 0.745. The molecule has 0 aliphatic carbocycles. The highest BCUT2D eigenvalue weighted by atomic mass is 16.5. The van der Waals surface area contributed by atoms with E-state index < -0.39 is 0 Å². The Hall–Kier alpha value is -2.67. The summed E-state index contributed by atoms with van der Waals surface area (Å²) in [5.41, 5.74) is 0.567. The molecular formula is C19H26N4O3. The topological polar surface area (TPSA) is 78.7 Å². The van der Waals surface area contributed by atoms with Crippen LogP contribution < -0.4 is 5.32 Å². The van der Waals surface area contributed by atoms with Gasteiger partial charge in [-0.25, -0.2) is 0 Å². The van der Waals surface area contributed by atoms with E-state index in [0.717, 1.165) is 13.1 Å². The summed E-state index contributed by atoms with van der Waals surface area (Å²) >= 11 is 0. The lowest BCUT2D eigenvalue weighted by Crippen LogP contribution is -2.42. The zero-order chi connectivity index (χ0) is 18.9. The third-order valence-electron chi connectivity index (χ3n) is 4.12. The Balaban J connectivity index is 2.06. The minimum atomic E-state index is -0.304. The van der Waals surface area contributed by atoms with Crippen LogP contribution in [0.2, 0.25) is 0 Å². The summed E-state index contributed by atoms with van der Waals surface area (Å²) in [7, 11) is 0. The summed E-state index contributed by atoms with van der Waals surface area (Å²) in [5, 5.41) is 6.41. The number of likely N-dealkylation sites (N-methyl/N-ethyl adjacent to an activating group) is 1. The molecule has 0 fully saturated rings. The van der Waals surface area contributed by atoms with Gasteiger partial charge in [-0.1, -0.05) is 37.2 Å². The molecule has 1 aromatic carbocycles. The van der Waals surface area contributed by atoms with Gasteiger partial charge in [-0.2, -0.15) is 0 Å². The summed E-state index contributed by atoms with van der Waals surface area (Å²) in [6, 6.07) is 10.6. The molecule has 1 heterocycles. The molecule has 0 aliphatic heterocycles. The van der Waals surface area contributed by atoms with E-state index in [1.54, 1.807) is 30.0 Å². The van der Waals surface area contributed by atoms with Crippen molar-refractivity contribution < 1.29 is 14.1 Å². The van der Waals surface area contributed by atoms with Crippen molar-refractivity contribution in [3.8, 4) is 0 Å². The van der Waals surface area contributed by atoms with E-state index in [1.165, 1.54) is 0 Å². The molecule has 140 valence electrons. The summed E-state index contributed by atoms with van der Waals surface area (Å²) in [6.07, 6.45) is 0. The summed E-state index contributed by atoms with van der Waals surface area (Å²) in [5.74, 6) is 0.494. The number of nitrogens with one attached hydrogen (secondary N) is 1. The Morgan fingerprint density at radius 2 is 1.81 bits per heavy atom. The molecule has 0 unspecified atom stereocenters. The highest BCUT2D eigenvalue weighted by Crippen LogP contribution is 2.09. The molecule has 0 aliphatic rings. The van der Waals surface area contributed by atoms with Crippen LogP contribution in [0.25, 0.3) is 0 Å². The van der Waals surface area contributed by atoms with Crippen molar-refractivity contribution in [2.24, 2.45) is 0 Å². The largest absolute Gasteiger partial charge is 0.360 e. The second-order valence-electron chi connectivity index (χ2n) is 5.99. The minimum absolute atomic E-state index is 0.0408. The first-order valence-corrected chi connectivity index (χ1v) is 8.83. The van der Waals surface area contributed by atoms with Crippen molar-refractivity contribution in [3.05, 3.63) is 47.7 Å². The smallest absolute Gasteiger partial charge is 0.254 e. The van der Waals surface area contributed by atoms with Gasteiger partial charge >= 0.3 is 0 Å². The van der Waals surface area contributed by atoms with Crippen LogP contribution in [0, 0.1) is 6.92 Å². The number of hydrogen-bond acceptors (Lipinski definition) is 5. The first-order chi connectivity index (χ1) is 12.5. The van der Waals surface area contributed by atoms with Gasteiger partial charge in [-0.3, -0.25) is 9.59 Å². The first-order valence-electron chi connectivity index (χ1n) is 8.83. The maximum absolute atomic E-state index is 12.8. The number of amides is 2. The fourth-order valence-electron chi connectivity index (χ4n) is 2.60. The number of nitrogens with zero attached hydrogens (tertiary/aromatic N) is 3. The van der Waals surface area contributed by atoms with Gasteiger partial charge in [0.2, 0.25) is 5.91 Å². The number of benzene rings is 1. The van der Waals surface area contributed by atoms with Crippen molar-refractivity contribution in [1.82, 2.24) is 15.0 Å². The van der Waals surface area contributed by atoms with Crippen LogP contribution in [0.5, 0.6) is 0 Å². The average molecular weight is 358 g/mol. The van der Waals surface area contributed by atoms with Gasteiger partial charge in [0.1, 0.15) is 12.3 Å². The van der Waals surface area contributed by atoms with Crippen LogP contribution in [0.1, 0.15) is 30.0 Å². The second-order valence-corrected chi connectivity index (χ2v) is 5.99. The average Bonchev–Trinajstić information content (AvgIpc) is 3.06. The Morgan fingerprint density at radius 1 is 1.12 bits per heavy atom. The monoisotopic (exact) mass is 358 g/mol. The van der Waals surface area contributed by atoms with E-state index in [-0.39, 0.29) is 18.4 Å². The van der Waals surface area contributed by atoms with Crippen LogP contribution in [0.15, 0.2) is 40.9 Å². The van der Waals surface area contributed by atoms with E-state index in [0.29, 0.717) is 30.2 Å². The Labute approximate surface area is 153 Å². The van der Waals surface area contributed by atoms with Gasteiger partial charge in [0.15, 0.2) is 5.82 Å². The molecule has 2 amide bonds. The minimum Gasteiger partial charge on any atom is -0.360 e. The second kappa shape index (κ2) is 9.72. The zero-order valence-corrected chi connectivity index (χ0v) is 15.6. The van der Waals surface area contributed by atoms with Gasteiger partial charge < -0.3 is 19.6 Å². The van der Waals surface area contributed by atoms with Crippen LogP contribution in [-0.4, -0.2) is 59.5 Å². The third kappa shape index (κ3) is 5.70. The number of anilines is 1. The molecule has 0 spiro atoms. The molecule has 1 aromatic heterocycles. The summed E-state index contributed by atoms with van der Waals surface area (Å²) < 4.78 is 4.94. The molecule has 1 N–H and O–H groups in total. The van der Waals surface area contributed by atoms with E-state index in [2.05, 4.69) is 29.2 Å². The van der Waals surface area contributed by atoms with E-state index in [4.69, 9.17) is 4.52 Å². The predicted octanol–water partition coefficient (Wildman–Crippen LogP) is 2.41. The first kappa shape index (κ1) is 19.7. The molecule has 2 rings (SSSR count). The fraction of sp³-hybridized carbons (Fsp3) is 0.421. The van der Waals surface area contributed by atoms with Crippen molar-refractivity contribution in [2.75, 3.05) is 38.0 Å². The van der Waals surface area contributed by atoms with Gasteiger partial charge in [-0.15, -0.1) is 0 Å². The fourth-order valence-corrected chi connectivity index (χ4v) is 2.60. The normalized spacial score (nSPS) is 10.8. The Bertz CT molecular complexity index is 711. The lowest BCUT2D eigenvalue weighted by molar-refractivity contribution is -0.117. The molecule has 26 heavy (non-hydrogen) atoms. The number of aromatic nitrogens is 1. The number of hydrogen-bond donors (Lipinski definition) is 1. The van der Waals surface area contributed by atoms with Crippen LogP contribution in [0.4, 0.5) is 5.82 Å². The van der Waals surface area contributed by atoms with Crippen molar-refractivity contribution in [1.29, 1.82) is 0 Å². The van der Waals surface area contributed by atoms with Crippen molar-refractivity contribution >= 4 is 17.6 Å². The van der Waals surface area contributed by atoms with Crippen LogP contribution in [-0.2, 0) is 4.79 Å². The van der Waals surface area contributed by atoms with Crippen LogP contribution in [0.3, 0.4) is 0 Å². The van der Waals surface area contributed by atoms with Gasteiger partial charge in [0, 0.05) is 24.7 Å². The maximum atomic E-state index is 12.8. The van der Waals surface area contributed by atoms with E-state index >= 15 is 0 Å².